The van der Waals surface area contributed by atoms with Crippen LogP contribution in [0.25, 0.3) is 0 Å². The van der Waals surface area contributed by atoms with E-state index in [4.69, 9.17) is 4.74 Å². The maximum Gasteiger partial charge on any atom is 0.308 e. The maximum absolute atomic E-state index is 11.3. The predicted molar refractivity (Wildman–Crippen MR) is 76.9 cm³/mol. The summed E-state index contributed by atoms with van der Waals surface area (Å²) in [6.45, 7) is 11.3. The molecule has 17 heavy (non-hydrogen) atoms. The van der Waals surface area contributed by atoms with Crippen molar-refractivity contribution >= 4 is 14.0 Å². The van der Waals surface area contributed by atoms with Crippen molar-refractivity contribution < 1.29 is 9.53 Å². The van der Waals surface area contributed by atoms with E-state index in [2.05, 4.69) is 38.7 Å². The van der Waals surface area contributed by atoms with E-state index in [0.29, 0.717) is 5.92 Å². The normalized spacial score (nSPS) is 15.9. The standard InChI is InChI=1S/C14H28O2Si/c1-12(11-13(2)14(15)16-3)9-7-8-10-17(4,5)6/h7-8,12-13H,9-11H2,1-6H3/b8-7-/t12-,13-/m1/s1. The van der Waals surface area contributed by atoms with Crippen molar-refractivity contribution in [2.75, 3.05) is 7.11 Å². The van der Waals surface area contributed by atoms with Crippen molar-refractivity contribution in [3.63, 3.8) is 0 Å². The Morgan fingerprint density at radius 3 is 2.29 bits per heavy atom. The summed E-state index contributed by atoms with van der Waals surface area (Å²) in [5.41, 5.74) is 0. The minimum absolute atomic E-state index is 0.0143. The van der Waals surface area contributed by atoms with Gasteiger partial charge in [0.05, 0.1) is 13.0 Å². The third-order valence-corrected chi connectivity index (χ3v) is 4.26. The zero-order chi connectivity index (χ0) is 13.5. The molecule has 0 unspecified atom stereocenters. The first-order valence-electron chi connectivity index (χ1n) is 6.49. The summed E-state index contributed by atoms with van der Waals surface area (Å²) in [7, 11) is 0.510. The molecule has 0 saturated heterocycles. The van der Waals surface area contributed by atoms with Gasteiger partial charge in [0.2, 0.25) is 0 Å². The Labute approximate surface area is 107 Å². The van der Waals surface area contributed by atoms with Gasteiger partial charge >= 0.3 is 5.97 Å². The molecule has 0 aliphatic carbocycles. The van der Waals surface area contributed by atoms with Gasteiger partial charge in [-0.25, -0.2) is 0 Å². The number of rotatable bonds is 7. The van der Waals surface area contributed by atoms with Crippen LogP contribution in [-0.2, 0) is 9.53 Å². The molecule has 0 aliphatic heterocycles. The van der Waals surface area contributed by atoms with Crippen molar-refractivity contribution in [2.45, 2.75) is 52.4 Å². The van der Waals surface area contributed by atoms with Crippen molar-refractivity contribution in [1.29, 1.82) is 0 Å². The SMILES string of the molecule is COC(=O)[C@H](C)C[C@H](C)C/C=C\C[Si](C)(C)C. The van der Waals surface area contributed by atoms with Gasteiger partial charge in [-0.1, -0.05) is 45.6 Å². The molecule has 3 heteroatoms. The number of ether oxygens (including phenoxy) is 1. The summed E-state index contributed by atoms with van der Waals surface area (Å²) < 4.78 is 4.73. The first-order chi connectivity index (χ1) is 7.76. The molecular weight excluding hydrogens is 228 g/mol. The smallest absolute Gasteiger partial charge is 0.308 e. The Morgan fingerprint density at radius 1 is 1.24 bits per heavy atom. The van der Waals surface area contributed by atoms with Gasteiger partial charge in [0.25, 0.3) is 0 Å². The Balaban J connectivity index is 3.87. The van der Waals surface area contributed by atoms with Gasteiger partial charge in [-0.2, -0.15) is 0 Å². The molecule has 0 aliphatic rings. The van der Waals surface area contributed by atoms with Crippen LogP contribution in [0.3, 0.4) is 0 Å². The van der Waals surface area contributed by atoms with E-state index in [1.807, 2.05) is 6.92 Å². The summed E-state index contributed by atoms with van der Waals surface area (Å²) in [4.78, 5) is 11.3. The number of allylic oxidation sites excluding steroid dienone is 2. The molecule has 0 spiro atoms. The van der Waals surface area contributed by atoms with Crippen LogP contribution in [0.5, 0.6) is 0 Å². The minimum atomic E-state index is -0.946. The molecule has 0 aromatic carbocycles. The van der Waals surface area contributed by atoms with Gasteiger partial charge < -0.3 is 4.74 Å². The Kier molecular flexibility index (Phi) is 7.44. The maximum atomic E-state index is 11.3. The van der Waals surface area contributed by atoms with Crippen LogP contribution < -0.4 is 0 Å². The van der Waals surface area contributed by atoms with Gasteiger partial charge in [0.1, 0.15) is 0 Å². The summed E-state index contributed by atoms with van der Waals surface area (Å²) in [5, 5.41) is 0. The highest BCUT2D eigenvalue weighted by Crippen LogP contribution is 2.17. The number of hydrogen-bond donors (Lipinski definition) is 0. The van der Waals surface area contributed by atoms with E-state index in [9.17, 15) is 4.79 Å². The number of esters is 1. The average molecular weight is 256 g/mol. The first-order valence-corrected chi connectivity index (χ1v) is 10.2. The highest BCUT2D eigenvalue weighted by molar-refractivity contribution is 6.76. The van der Waals surface area contributed by atoms with E-state index in [1.54, 1.807) is 0 Å². The average Bonchev–Trinajstić information content (AvgIpc) is 2.21. The molecule has 2 atom stereocenters. The molecule has 0 radical (unpaired) electrons. The van der Waals surface area contributed by atoms with Crippen LogP contribution in [0.15, 0.2) is 12.2 Å². The summed E-state index contributed by atoms with van der Waals surface area (Å²) in [6, 6.07) is 1.24. The van der Waals surface area contributed by atoms with Gasteiger partial charge in [-0.05, 0) is 24.8 Å². The number of methoxy groups -OCH3 is 1. The topological polar surface area (TPSA) is 26.3 Å². The Morgan fingerprint density at radius 2 is 1.82 bits per heavy atom. The van der Waals surface area contributed by atoms with Crippen LogP contribution in [-0.4, -0.2) is 21.2 Å². The molecule has 0 fully saturated rings. The largest absolute Gasteiger partial charge is 0.469 e. The molecular formula is C14H28O2Si. The van der Waals surface area contributed by atoms with Crippen LogP contribution >= 0.6 is 0 Å². The van der Waals surface area contributed by atoms with Gasteiger partial charge in [-0.3, -0.25) is 4.79 Å². The summed E-state index contributed by atoms with van der Waals surface area (Å²) in [5.74, 6) is 0.463. The lowest BCUT2D eigenvalue weighted by Gasteiger charge is -2.14. The molecule has 0 aromatic heterocycles. The van der Waals surface area contributed by atoms with E-state index in [-0.39, 0.29) is 11.9 Å². The lowest BCUT2D eigenvalue weighted by atomic mass is 9.95. The molecule has 0 amide bonds. The Hall–Kier alpha value is -0.573. The van der Waals surface area contributed by atoms with Crippen molar-refractivity contribution in [3.8, 4) is 0 Å². The zero-order valence-electron chi connectivity index (χ0n) is 12.2. The number of carbonyl (C=O) groups is 1. The van der Waals surface area contributed by atoms with E-state index >= 15 is 0 Å². The fraction of sp³-hybridized carbons (Fsp3) is 0.786. The molecule has 100 valence electrons. The van der Waals surface area contributed by atoms with Gasteiger partial charge in [0.15, 0.2) is 0 Å². The number of carbonyl (C=O) groups excluding carboxylic acids is 1. The van der Waals surface area contributed by atoms with Crippen molar-refractivity contribution in [3.05, 3.63) is 12.2 Å². The predicted octanol–water partition coefficient (Wildman–Crippen LogP) is 4.11. The highest BCUT2D eigenvalue weighted by Gasteiger charge is 2.16. The highest BCUT2D eigenvalue weighted by atomic mass is 28.3. The quantitative estimate of drug-likeness (QED) is 0.389. The van der Waals surface area contributed by atoms with Crippen LogP contribution in [0.4, 0.5) is 0 Å². The van der Waals surface area contributed by atoms with Crippen LogP contribution in [0, 0.1) is 11.8 Å². The van der Waals surface area contributed by atoms with Gasteiger partial charge in [-0.15, -0.1) is 0 Å². The molecule has 0 bridgehead atoms. The van der Waals surface area contributed by atoms with Crippen molar-refractivity contribution in [1.82, 2.24) is 0 Å². The van der Waals surface area contributed by atoms with E-state index in [0.717, 1.165) is 12.8 Å². The monoisotopic (exact) mass is 256 g/mol. The molecule has 0 rings (SSSR count). The summed E-state index contributed by atoms with van der Waals surface area (Å²) >= 11 is 0. The second-order valence-corrected chi connectivity index (χ2v) is 11.8. The molecule has 0 heterocycles. The summed E-state index contributed by atoms with van der Waals surface area (Å²) in [6.07, 6.45) is 6.55. The van der Waals surface area contributed by atoms with Gasteiger partial charge in [0, 0.05) is 8.07 Å². The fourth-order valence-corrected chi connectivity index (χ4v) is 2.64. The third kappa shape index (κ3) is 9.16. The molecule has 0 aromatic rings. The molecule has 2 nitrogen and oxygen atoms in total. The second kappa shape index (κ2) is 7.70. The third-order valence-electron chi connectivity index (χ3n) is 2.79. The van der Waals surface area contributed by atoms with E-state index in [1.165, 1.54) is 13.2 Å². The fourth-order valence-electron chi connectivity index (χ4n) is 1.76. The van der Waals surface area contributed by atoms with Crippen LogP contribution in [0.2, 0.25) is 25.7 Å². The lowest BCUT2D eigenvalue weighted by molar-refractivity contribution is -0.145. The first kappa shape index (κ1) is 16.4. The Bertz CT molecular complexity index is 253. The zero-order valence-corrected chi connectivity index (χ0v) is 13.2. The number of hydrogen-bond acceptors (Lipinski definition) is 2. The van der Waals surface area contributed by atoms with Crippen molar-refractivity contribution in [2.24, 2.45) is 11.8 Å². The van der Waals surface area contributed by atoms with Crippen LogP contribution in [0.1, 0.15) is 26.7 Å². The van der Waals surface area contributed by atoms with E-state index < -0.39 is 8.07 Å². The lowest BCUT2D eigenvalue weighted by Crippen LogP contribution is -2.17. The molecule has 0 N–H and O–H groups in total. The minimum Gasteiger partial charge on any atom is -0.469 e. The molecule has 0 saturated carbocycles. The second-order valence-electron chi connectivity index (χ2n) is 6.24.